The molecule has 0 aliphatic heterocycles. The van der Waals surface area contributed by atoms with E-state index in [1.807, 2.05) is 0 Å². The molecule has 1 saturated carbocycles. The lowest BCUT2D eigenvalue weighted by molar-refractivity contribution is 0.287. The largest absolute Gasteiger partial charge is 0.487 e. The van der Waals surface area contributed by atoms with E-state index in [-0.39, 0.29) is 11.9 Å². The van der Waals surface area contributed by atoms with Crippen molar-refractivity contribution in [2.75, 3.05) is 0 Å². The van der Waals surface area contributed by atoms with Gasteiger partial charge in [-0.05, 0) is 12.8 Å². The predicted molar refractivity (Wildman–Crippen MR) is 37.8 cm³/mol. The Kier molecular flexibility index (Phi) is 1.49. The van der Waals surface area contributed by atoms with Gasteiger partial charge in [0.15, 0.2) is 11.6 Å². The van der Waals surface area contributed by atoms with Crippen LogP contribution in [0.15, 0.2) is 18.5 Å². The van der Waals surface area contributed by atoms with E-state index < -0.39 is 0 Å². The summed E-state index contributed by atoms with van der Waals surface area (Å²) in [4.78, 5) is 3.62. The van der Waals surface area contributed by atoms with Gasteiger partial charge in [0.2, 0.25) is 0 Å². The van der Waals surface area contributed by atoms with Crippen molar-refractivity contribution in [2.45, 2.75) is 18.9 Å². The topological polar surface area (TPSA) is 22.1 Å². The monoisotopic (exact) mass is 153 g/mol. The highest BCUT2D eigenvalue weighted by atomic mass is 19.1. The first-order chi connectivity index (χ1) is 5.36. The molecule has 2 rings (SSSR count). The Morgan fingerprint density at radius 3 is 3.00 bits per heavy atom. The van der Waals surface area contributed by atoms with Crippen molar-refractivity contribution < 1.29 is 9.13 Å². The third-order valence-electron chi connectivity index (χ3n) is 1.55. The predicted octanol–water partition coefficient (Wildman–Crippen LogP) is 1.76. The summed E-state index contributed by atoms with van der Waals surface area (Å²) >= 11 is 0. The van der Waals surface area contributed by atoms with E-state index in [1.165, 1.54) is 6.20 Å². The minimum Gasteiger partial charge on any atom is -0.487 e. The van der Waals surface area contributed by atoms with E-state index in [2.05, 4.69) is 4.98 Å². The normalized spacial score (nSPS) is 16.5. The Labute approximate surface area is 64.0 Å². The summed E-state index contributed by atoms with van der Waals surface area (Å²) in [6.07, 6.45) is 5.02. The summed E-state index contributed by atoms with van der Waals surface area (Å²) < 4.78 is 18.0. The Bertz CT molecular complexity index is 260. The lowest BCUT2D eigenvalue weighted by Gasteiger charge is -2.02. The molecular weight excluding hydrogens is 145 g/mol. The minimum atomic E-state index is -0.376. The van der Waals surface area contributed by atoms with Gasteiger partial charge in [0, 0.05) is 12.3 Å². The maximum absolute atomic E-state index is 12.8. The van der Waals surface area contributed by atoms with Crippen molar-refractivity contribution in [1.29, 1.82) is 0 Å². The van der Waals surface area contributed by atoms with Crippen LogP contribution in [0.25, 0.3) is 0 Å². The SMILES string of the molecule is Fc1cnccc1OC1CC1. The van der Waals surface area contributed by atoms with Crippen molar-refractivity contribution in [1.82, 2.24) is 4.98 Å². The third kappa shape index (κ3) is 1.48. The summed E-state index contributed by atoms with van der Waals surface area (Å²) in [6.45, 7) is 0. The van der Waals surface area contributed by atoms with Crippen LogP contribution in [0.3, 0.4) is 0 Å². The standard InChI is InChI=1S/C8H8FNO/c9-7-5-10-4-3-8(7)11-6-1-2-6/h3-6H,1-2H2. The second-order valence-electron chi connectivity index (χ2n) is 2.62. The lowest BCUT2D eigenvalue weighted by Crippen LogP contribution is -1.98. The summed E-state index contributed by atoms with van der Waals surface area (Å²) in [5, 5.41) is 0. The van der Waals surface area contributed by atoms with Gasteiger partial charge in [-0.25, -0.2) is 4.39 Å². The van der Waals surface area contributed by atoms with Crippen molar-refractivity contribution >= 4 is 0 Å². The minimum absolute atomic E-state index is 0.242. The number of nitrogens with zero attached hydrogens (tertiary/aromatic N) is 1. The summed E-state index contributed by atoms with van der Waals surface area (Å²) in [5.41, 5.74) is 0. The summed E-state index contributed by atoms with van der Waals surface area (Å²) in [5.74, 6) is -0.0538. The van der Waals surface area contributed by atoms with Crippen molar-refractivity contribution in [3.8, 4) is 5.75 Å². The molecule has 1 aliphatic carbocycles. The molecule has 0 radical (unpaired) electrons. The Morgan fingerprint density at radius 1 is 1.55 bits per heavy atom. The molecule has 0 bridgehead atoms. The van der Waals surface area contributed by atoms with E-state index in [0.29, 0.717) is 5.75 Å². The van der Waals surface area contributed by atoms with Gasteiger partial charge in [-0.2, -0.15) is 0 Å². The molecular formula is C8H8FNO. The molecule has 0 atom stereocenters. The van der Waals surface area contributed by atoms with Crippen molar-refractivity contribution in [2.24, 2.45) is 0 Å². The Balaban J connectivity index is 2.15. The second kappa shape index (κ2) is 2.49. The maximum Gasteiger partial charge on any atom is 0.183 e. The van der Waals surface area contributed by atoms with Crippen LogP contribution in [0.4, 0.5) is 4.39 Å². The van der Waals surface area contributed by atoms with E-state index >= 15 is 0 Å². The fourth-order valence-electron chi connectivity index (χ4n) is 0.823. The average molecular weight is 153 g/mol. The summed E-state index contributed by atoms with van der Waals surface area (Å²) in [7, 11) is 0. The van der Waals surface area contributed by atoms with Crippen LogP contribution in [0.5, 0.6) is 5.75 Å². The van der Waals surface area contributed by atoms with Gasteiger partial charge in [0.1, 0.15) is 0 Å². The molecule has 3 heteroatoms. The smallest absolute Gasteiger partial charge is 0.183 e. The van der Waals surface area contributed by atoms with E-state index in [4.69, 9.17) is 4.74 Å². The molecule has 58 valence electrons. The van der Waals surface area contributed by atoms with E-state index in [1.54, 1.807) is 6.07 Å². The zero-order chi connectivity index (χ0) is 7.68. The number of rotatable bonds is 2. The molecule has 0 saturated heterocycles. The fraction of sp³-hybridized carbons (Fsp3) is 0.375. The Morgan fingerprint density at radius 2 is 2.36 bits per heavy atom. The number of hydrogen-bond acceptors (Lipinski definition) is 2. The third-order valence-corrected chi connectivity index (χ3v) is 1.55. The zero-order valence-electron chi connectivity index (χ0n) is 5.96. The van der Waals surface area contributed by atoms with E-state index in [0.717, 1.165) is 19.0 Å². The molecule has 0 amide bonds. The second-order valence-corrected chi connectivity index (χ2v) is 2.62. The van der Waals surface area contributed by atoms with Crippen LogP contribution in [0, 0.1) is 5.82 Å². The molecule has 1 aromatic heterocycles. The molecule has 1 aromatic rings. The molecule has 1 aliphatic rings. The maximum atomic E-state index is 12.8. The highest BCUT2D eigenvalue weighted by molar-refractivity contribution is 5.20. The number of hydrogen-bond donors (Lipinski definition) is 0. The number of pyridine rings is 1. The first kappa shape index (κ1) is 6.58. The van der Waals surface area contributed by atoms with Crippen LogP contribution in [-0.4, -0.2) is 11.1 Å². The molecule has 0 spiro atoms. The van der Waals surface area contributed by atoms with Crippen molar-refractivity contribution in [3.63, 3.8) is 0 Å². The van der Waals surface area contributed by atoms with Crippen molar-refractivity contribution in [3.05, 3.63) is 24.3 Å². The highest BCUT2D eigenvalue weighted by Crippen LogP contribution is 2.27. The first-order valence-electron chi connectivity index (χ1n) is 3.62. The van der Waals surface area contributed by atoms with Gasteiger partial charge in [-0.15, -0.1) is 0 Å². The van der Waals surface area contributed by atoms with Gasteiger partial charge < -0.3 is 4.74 Å². The van der Waals surface area contributed by atoms with Crippen LogP contribution < -0.4 is 4.74 Å². The Hall–Kier alpha value is -1.12. The molecule has 2 nitrogen and oxygen atoms in total. The number of aromatic nitrogens is 1. The fourth-order valence-corrected chi connectivity index (χ4v) is 0.823. The highest BCUT2D eigenvalue weighted by Gasteiger charge is 2.24. The molecule has 0 N–H and O–H groups in total. The lowest BCUT2D eigenvalue weighted by atomic mass is 10.4. The molecule has 0 unspecified atom stereocenters. The van der Waals surface area contributed by atoms with Gasteiger partial charge in [-0.1, -0.05) is 0 Å². The summed E-state index contributed by atoms with van der Waals surface area (Å²) in [6, 6.07) is 1.55. The van der Waals surface area contributed by atoms with Gasteiger partial charge in [0.05, 0.1) is 12.3 Å². The van der Waals surface area contributed by atoms with Crippen LogP contribution in [-0.2, 0) is 0 Å². The first-order valence-corrected chi connectivity index (χ1v) is 3.62. The zero-order valence-corrected chi connectivity index (χ0v) is 5.96. The van der Waals surface area contributed by atoms with Gasteiger partial charge in [0.25, 0.3) is 0 Å². The molecule has 11 heavy (non-hydrogen) atoms. The van der Waals surface area contributed by atoms with Gasteiger partial charge in [-0.3, -0.25) is 4.98 Å². The number of ether oxygens (including phenoxy) is 1. The van der Waals surface area contributed by atoms with Gasteiger partial charge >= 0.3 is 0 Å². The molecule has 1 heterocycles. The van der Waals surface area contributed by atoms with Crippen LogP contribution in [0.1, 0.15) is 12.8 Å². The molecule has 1 fully saturated rings. The average Bonchev–Trinajstić information content (AvgIpc) is 2.78. The van der Waals surface area contributed by atoms with E-state index in [9.17, 15) is 4.39 Å². The quantitative estimate of drug-likeness (QED) is 0.645. The number of halogens is 1. The molecule has 0 aromatic carbocycles. The van der Waals surface area contributed by atoms with Crippen LogP contribution >= 0.6 is 0 Å². The van der Waals surface area contributed by atoms with Crippen LogP contribution in [0.2, 0.25) is 0 Å².